The van der Waals surface area contributed by atoms with Gasteiger partial charge in [0.1, 0.15) is 17.0 Å². The standard InChI is InChI=1S/C20H23FN6O/c1-4-5-11(2)26-20(28)14-9-24-19-18(14)27-16(10-25-19)17(22)13-7-6-12(21)8-15(13)23-3/h6-11,22-23H,4-5H2,1-3H3,(H,24,25)(H,26,28). The van der Waals surface area contributed by atoms with Crippen LogP contribution in [0.15, 0.2) is 30.6 Å². The van der Waals surface area contributed by atoms with Gasteiger partial charge in [0.05, 0.1) is 17.5 Å². The van der Waals surface area contributed by atoms with Gasteiger partial charge in [0.15, 0.2) is 5.65 Å². The Balaban J connectivity index is 1.96. The molecule has 3 aromatic rings. The Labute approximate surface area is 162 Å². The number of carbonyl (C=O) groups excluding carboxylic acids is 1. The highest BCUT2D eigenvalue weighted by atomic mass is 19.1. The van der Waals surface area contributed by atoms with Crippen LogP contribution >= 0.6 is 0 Å². The van der Waals surface area contributed by atoms with E-state index < -0.39 is 5.82 Å². The molecule has 146 valence electrons. The number of H-pyrrole nitrogens is 1. The number of hydrogen-bond donors (Lipinski definition) is 4. The molecule has 3 rings (SSSR count). The van der Waals surface area contributed by atoms with Crippen molar-refractivity contribution in [2.75, 3.05) is 12.4 Å². The number of rotatable bonds is 7. The molecular weight excluding hydrogens is 359 g/mol. The summed E-state index contributed by atoms with van der Waals surface area (Å²) < 4.78 is 13.5. The van der Waals surface area contributed by atoms with Crippen LogP contribution in [0.1, 0.15) is 48.3 Å². The summed E-state index contributed by atoms with van der Waals surface area (Å²) in [5.41, 5.74) is 2.61. The Morgan fingerprint density at radius 1 is 1.36 bits per heavy atom. The minimum absolute atomic E-state index is 0.0503. The monoisotopic (exact) mass is 382 g/mol. The minimum Gasteiger partial charge on any atom is -0.387 e. The Kier molecular flexibility index (Phi) is 5.67. The van der Waals surface area contributed by atoms with Gasteiger partial charge in [0.2, 0.25) is 0 Å². The highest BCUT2D eigenvalue weighted by Crippen LogP contribution is 2.21. The summed E-state index contributed by atoms with van der Waals surface area (Å²) in [5.74, 6) is -0.629. The zero-order valence-electron chi connectivity index (χ0n) is 16.1. The molecule has 1 amide bonds. The molecule has 0 saturated carbocycles. The van der Waals surface area contributed by atoms with E-state index >= 15 is 0 Å². The van der Waals surface area contributed by atoms with Crippen molar-refractivity contribution in [2.45, 2.75) is 32.7 Å². The summed E-state index contributed by atoms with van der Waals surface area (Å²) in [6.45, 7) is 4.02. The molecule has 28 heavy (non-hydrogen) atoms. The van der Waals surface area contributed by atoms with Crippen molar-refractivity contribution in [2.24, 2.45) is 0 Å². The van der Waals surface area contributed by atoms with E-state index in [0.717, 1.165) is 12.8 Å². The van der Waals surface area contributed by atoms with Gasteiger partial charge in [0.25, 0.3) is 5.91 Å². The summed E-state index contributed by atoms with van der Waals surface area (Å²) in [6, 6.07) is 4.18. The number of carbonyl (C=O) groups is 1. The maximum absolute atomic E-state index is 13.5. The van der Waals surface area contributed by atoms with Gasteiger partial charge in [-0.2, -0.15) is 0 Å². The lowest BCUT2D eigenvalue weighted by molar-refractivity contribution is 0.0940. The molecule has 1 atom stereocenters. The van der Waals surface area contributed by atoms with Crippen LogP contribution in [0.4, 0.5) is 10.1 Å². The Bertz CT molecular complexity index is 1030. The number of aromatic amines is 1. The third kappa shape index (κ3) is 3.85. The van der Waals surface area contributed by atoms with Crippen molar-refractivity contribution in [1.29, 1.82) is 5.41 Å². The molecule has 1 unspecified atom stereocenters. The van der Waals surface area contributed by atoms with Crippen LogP contribution in [-0.4, -0.2) is 39.7 Å². The number of nitrogens with zero attached hydrogens (tertiary/aromatic N) is 2. The highest BCUT2D eigenvalue weighted by molar-refractivity contribution is 6.14. The smallest absolute Gasteiger partial charge is 0.255 e. The number of fused-ring (bicyclic) bond motifs is 1. The van der Waals surface area contributed by atoms with Gasteiger partial charge in [-0.25, -0.2) is 14.4 Å². The molecule has 2 aromatic heterocycles. The van der Waals surface area contributed by atoms with E-state index in [0.29, 0.717) is 33.7 Å². The van der Waals surface area contributed by atoms with Crippen molar-refractivity contribution in [1.82, 2.24) is 20.3 Å². The van der Waals surface area contributed by atoms with E-state index in [1.165, 1.54) is 24.4 Å². The van der Waals surface area contributed by atoms with E-state index in [2.05, 4.69) is 32.5 Å². The van der Waals surface area contributed by atoms with Gasteiger partial charge in [-0.1, -0.05) is 13.3 Å². The molecule has 2 heterocycles. The normalized spacial score (nSPS) is 12.0. The number of anilines is 1. The summed E-state index contributed by atoms with van der Waals surface area (Å²) in [7, 11) is 1.66. The molecule has 0 spiro atoms. The van der Waals surface area contributed by atoms with Crippen LogP contribution in [0.2, 0.25) is 0 Å². The first-order valence-electron chi connectivity index (χ1n) is 9.16. The first kappa shape index (κ1) is 19.5. The van der Waals surface area contributed by atoms with Crippen LogP contribution in [0.5, 0.6) is 0 Å². The van der Waals surface area contributed by atoms with E-state index in [4.69, 9.17) is 5.41 Å². The van der Waals surface area contributed by atoms with Gasteiger partial charge < -0.3 is 15.6 Å². The van der Waals surface area contributed by atoms with Crippen LogP contribution in [0.3, 0.4) is 0 Å². The third-order valence-corrected chi connectivity index (χ3v) is 4.50. The largest absolute Gasteiger partial charge is 0.387 e. The van der Waals surface area contributed by atoms with Gasteiger partial charge in [-0.05, 0) is 31.5 Å². The van der Waals surface area contributed by atoms with Crippen molar-refractivity contribution in [3.63, 3.8) is 0 Å². The van der Waals surface area contributed by atoms with Gasteiger partial charge in [-0.3, -0.25) is 10.2 Å². The number of amides is 1. The summed E-state index contributed by atoms with van der Waals surface area (Å²) in [6.07, 6.45) is 4.89. The van der Waals surface area contributed by atoms with E-state index in [1.807, 2.05) is 6.92 Å². The third-order valence-electron chi connectivity index (χ3n) is 4.50. The number of benzene rings is 1. The quantitative estimate of drug-likeness (QED) is 0.469. The molecule has 4 N–H and O–H groups in total. The van der Waals surface area contributed by atoms with Crippen LogP contribution in [0, 0.1) is 11.2 Å². The molecule has 8 heteroatoms. The maximum Gasteiger partial charge on any atom is 0.255 e. The van der Waals surface area contributed by atoms with E-state index in [-0.39, 0.29) is 17.7 Å². The summed E-state index contributed by atoms with van der Waals surface area (Å²) >= 11 is 0. The summed E-state index contributed by atoms with van der Waals surface area (Å²) in [4.78, 5) is 24.3. The SMILES string of the molecule is CCCC(C)NC(=O)c1c[nH]c2ncc(C(=N)c3ccc(F)cc3NC)nc12. The van der Waals surface area contributed by atoms with E-state index in [9.17, 15) is 9.18 Å². The fraction of sp³-hybridized carbons (Fsp3) is 0.300. The van der Waals surface area contributed by atoms with Gasteiger partial charge >= 0.3 is 0 Å². The molecule has 1 aromatic carbocycles. The molecule has 0 saturated heterocycles. The van der Waals surface area contributed by atoms with Crippen molar-refractivity contribution in [3.05, 3.63) is 53.2 Å². The molecule has 0 aliphatic carbocycles. The number of hydrogen-bond acceptors (Lipinski definition) is 5. The Morgan fingerprint density at radius 2 is 2.14 bits per heavy atom. The lowest BCUT2D eigenvalue weighted by Crippen LogP contribution is -2.32. The highest BCUT2D eigenvalue weighted by Gasteiger charge is 2.18. The maximum atomic E-state index is 13.5. The summed E-state index contributed by atoms with van der Waals surface area (Å²) in [5, 5.41) is 14.3. The number of nitrogens with one attached hydrogen (secondary N) is 4. The van der Waals surface area contributed by atoms with Crippen LogP contribution < -0.4 is 10.6 Å². The molecular formula is C20H23FN6O. The first-order chi connectivity index (χ1) is 13.4. The first-order valence-corrected chi connectivity index (χ1v) is 9.16. The average Bonchev–Trinajstić information content (AvgIpc) is 3.10. The fourth-order valence-electron chi connectivity index (χ4n) is 3.07. The van der Waals surface area contributed by atoms with Crippen molar-refractivity contribution >= 4 is 28.5 Å². The second-order valence-corrected chi connectivity index (χ2v) is 6.63. The fourth-order valence-corrected chi connectivity index (χ4v) is 3.07. The predicted octanol–water partition coefficient (Wildman–Crippen LogP) is 3.47. The minimum atomic E-state index is -0.395. The Hall–Kier alpha value is -3.29. The zero-order valence-corrected chi connectivity index (χ0v) is 16.1. The molecule has 0 fully saturated rings. The zero-order chi connectivity index (χ0) is 20.3. The van der Waals surface area contributed by atoms with E-state index in [1.54, 1.807) is 13.2 Å². The van der Waals surface area contributed by atoms with Crippen molar-refractivity contribution in [3.8, 4) is 0 Å². The molecule has 0 aliphatic rings. The van der Waals surface area contributed by atoms with Crippen LogP contribution in [0.25, 0.3) is 11.2 Å². The van der Waals surface area contributed by atoms with Gasteiger partial charge in [-0.15, -0.1) is 0 Å². The lowest BCUT2D eigenvalue weighted by Gasteiger charge is -2.12. The second-order valence-electron chi connectivity index (χ2n) is 6.63. The van der Waals surface area contributed by atoms with Gasteiger partial charge in [0, 0.05) is 30.5 Å². The predicted molar refractivity (Wildman–Crippen MR) is 108 cm³/mol. The lowest BCUT2D eigenvalue weighted by atomic mass is 10.1. The number of aromatic nitrogens is 3. The molecule has 7 nitrogen and oxygen atoms in total. The molecule has 0 bridgehead atoms. The Morgan fingerprint density at radius 3 is 2.86 bits per heavy atom. The van der Waals surface area contributed by atoms with Crippen molar-refractivity contribution < 1.29 is 9.18 Å². The van der Waals surface area contributed by atoms with Crippen LogP contribution in [-0.2, 0) is 0 Å². The second kappa shape index (κ2) is 8.16. The topological polar surface area (TPSA) is 107 Å². The average molecular weight is 382 g/mol. The number of halogens is 1. The molecule has 0 radical (unpaired) electrons. The molecule has 0 aliphatic heterocycles.